The molecule has 182 valence electrons. The molecule has 0 fully saturated rings. The van der Waals surface area contributed by atoms with Crippen LogP contribution in [-0.2, 0) is 6.16 Å². The second kappa shape index (κ2) is 8.83. The minimum Gasteiger partial charge on any atom is -0.378 e. The molecule has 0 saturated carbocycles. The van der Waals surface area contributed by atoms with E-state index in [4.69, 9.17) is 0 Å². The van der Waals surface area contributed by atoms with Crippen LogP contribution in [-0.4, -0.2) is 12.2 Å². The highest BCUT2D eigenvalue weighted by atomic mass is 31.1. The molecule has 2 heterocycles. The maximum atomic E-state index is 3.80. The standard InChI is InChI=1S/C36H28NP/c1-2-9-23(10-3-1)35-27-13-6-7-14-28(27)36(32-22-38-18-8-15-29(32)35)26-16-17-33-30(20-26)31-19-24-11-4-5-12-25(24)21-34(31)37-33/h1-17,19-21,31,34,37-38H,18,22H2. The average molecular weight is 506 g/mol. The van der Waals surface area contributed by atoms with Gasteiger partial charge in [0.15, 0.2) is 0 Å². The van der Waals surface area contributed by atoms with Gasteiger partial charge in [0.1, 0.15) is 0 Å². The molecule has 3 aliphatic rings. The Morgan fingerprint density at radius 2 is 1.42 bits per heavy atom. The minimum absolute atomic E-state index is 0.314. The van der Waals surface area contributed by atoms with E-state index in [1.807, 2.05) is 0 Å². The fourth-order valence-electron chi connectivity index (χ4n) is 6.71. The third kappa shape index (κ3) is 3.43. The van der Waals surface area contributed by atoms with Crippen LogP contribution in [0.15, 0.2) is 103 Å². The van der Waals surface area contributed by atoms with E-state index in [0.29, 0.717) is 12.0 Å². The number of fused-ring (bicyclic) bond motifs is 6. The van der Waals surface area contributed by atoms with Crippen molar-refractivity contribution in [1.29, 1.82) is 0 Å². The van der Waals surface area contributed by atoms with Crippen molar-refractivity contribution in [1.82, 2.24) is 0 Å². The Morgan fingerprint density at radius 3 is 2.26 bits per heavy atom. The monoisotopic (exact) mass is 505 g/mol. The third-order valence-electron chi connectivity index (χ3n) is 8.40. The van der Waals surface area contributed by atoms with E-state index in [9.17, 15) is 0 Å². The van der Waals surface area contributed by atoms with Gasteiger partial charge in [0.05, 0.1) is 6.04 Å². The number of hydrogen-bond acceptors (Lipinski definition) is 1. The summed E-state index contributed by atoms with van der Waals surface area (Å²) in [5.41, 5.74) is 11.0. The molecule has 2 aliphatic heterocycles. The van der Waals surface area contributed by atoms with Gasteiger partial charge < -0.3 is 5.32 Å². The number of anilines is 1. The van der Waals surface area contributed by atoms with Gasteiger partial charge in [-0.3, -0.25) is 0 Å². The van der Waals surface area contributed by atoms with Crippen LogP contribution in [0.3, 0.4) is 0 Å². The molecular formula is C36H28NP. The van der Waals surface area contributed by atoms with Gasteiger partial charge in [-0.25, -0.2) is 0 Å². The zero-order valence-electron chi connectivity index (χ0n) is 21.1. The smallest absolute Gasteiger partial charge is 0.0557 e. The van der Waals surface area contributed by atoms with Crippen molar-refractivity contribution >= 4 is 43.3 Å². The van der Waals surface area contributed by atoms with Crippen LogP contribution in [0.5, 0.6) is 0 Å². The molecule has 0 radical (unpaired) electrons. The van der Waals surface area contributed by atoms with E-state index in [2.05, 4.69) is 127 Å². The Kier molecular flexibility index (Phi) is 5.13. The molecule has 3 unspecified atom stereocenters. The Balaban J connectivity index is 1.38. The lowest BCUT2D eigenvalue weighted by molar-refractivity contribution is 0.871. The molecule has 2 heteroatoms. The van der Waals surface area contributed by atoms with Gasteiger partial charge in [0.2, 0.25) is 0 Å². The Morgan fingerprint density at radius 1 is 0.684 bits per heavy atom. The van der Waals surface area contributed by atoms with Gasteiger partial charge in [0, 0.05) is 11.6 Å². The SMILES string of the molecule is C1=Cc2c(c(-c3ccc4c(c3)C3C=c5ccccc5=CC3N4)c3ccccc3c2-c2ccccc2)CPC1. The molecule has 0 bridgehead atoms. The summed E-state index contributed by atoms with van der Waals surface area (Å²) in [6.45, 7) is 0. The van der Waals surface area contributed by atoms with Crippen LogP contribution in [0.4, 0.5) is 5.69 Å². The lowest BCUT2D eigenvalue weighted by Crippen LogP contribution is -2.34. The van der Waals surface area contributed by atoms with Crippen molar-refractivity contribution in [3.05, 3.63) is 130 Å². The molecule has 5 aromatic carbocycles. The highest BCUT2D eigenvalue weighted by molar-refractivity contribution is 7.37. The van der Waals surface area contributed by atoms with Crippen LogP contribution >= 0.6 is 8.58 Å². The molecule has 0 amide bonds. The van der Waals surface area contributed by atoms with Gasteiger partial charge in [0.25, 0.3) is 0 Å². The van der Waals surface area contributed by atoms with Gasteiger partial charge in [-0.2, -0.15) is 0 Å². The second-order valence-electron chi connectivity index (χ2n) is 10.5. The predicted molar refractivity (Wildman–Crippen MR) is 166 cm³/mol. The maximum absolute atomic E-state index is 3.80. The van der Waals surface area contributed by atoms with Crippen molar-refractivity contribution in [3.63, 3.8) is 0 Å². The normalized spacial score (nSPS) is 19.4. The van der Waals surface area contributed by atoms with Gasteiger partial charge in [-0.1, -0.05) is 109 Å². The van der Waals surface area contributed by atoms with Crippen LogP contribution in [0.2, 0.25) is 0 Å². The number of hydrogen-bond donors (Lipinski definition) is 1. The fraction of sp³-hybridized carbons (Fsp3) is 0.111. The maximum Gasteiger partial charge on any atom is 0.0557 e. The summed E-state index contributed by atoms with van der Waals surface area (Å²) in [5, 5.41) is 9.16. The predicted octanol–water partition coefficient (Wildman–Crippen LogP) is 7.53. The van der Waals surface area contributed by atoms with Gasteiger partial charge >= 0.3 is 0 Å². The van der Waals surface area contributed by atoms with Gasteiger partial charge in [-0.15, -0.1) is 8.58 Å². The highest BCUT2D eigenvalue weighted by Gasteiger charge is 2.31. The van der Waals surface area contributed by atoms with E-state index in [1.165, 1.54) is 65.8 Å². The molecule has 3 atom stereocenters. The number of benzene rings is 5. The molecular weight excluding hydrogens is 477 g/mol. The Bertz CT molecular complexity index is 1880. The molecule has 5 aromatic rings. The first kappa shape index (κ1) is 22.1. The average Bonchev–Trinajstić information content (AvgIpc) is 3.14. The number of nitrogens with one attached hydrogen (secondary N) is 1. The zero-order chi connectivity index (χ0) is 25.1. The van der Waals surface area contributed by atoms with Crippen molar-refractivity contribution in [2.75, 3.05) is 11.5 Å². The molecule has 1 N–H and O–H groups in total. The lowest BCUT2D eigenvalue weighted by atomic mass is 9.82. The zero-order valence-corrected chi connectivity index (χ0v) is 22.1. The number of allylic oxidation sites excluding steroid dienone is 1. The summed E-state index contributed by atoms with van der Waals surface area (Å²) in [4.78, 5) is 0. The summed E-state index contributed by atoms with van der Waals surface area (Å²) in [5.74, 6) is 0.357. The minimum atomic E-state index is 0.314. The van der Waals surface area contributed by atoms with Crippen molar-refractivity contribution in [2.24, 2.45) is 0 Å². The molecule has 0 aromatic heterocycles. The summed E-state index contributed by atoms with van der Waals surface area (Å²) in [7, 11) is 0.905. The molecule has 0 saturated heterocycles. The van der Waals surface area contributed by atoms with Crippen LogP contribution in [0.25, 0.3) is 51.3 Å². The first-order valence-electron chi connectivity index (χ1n) is 13.5. The summed E-state index contributed by atoms with van der Waals surface area (Å²) >= 11 is 0. The van der Waals surface area contributed by atoms with E-state index in [1.54, 1.807) is 0 Å². The summed E-state index contributed by atoms with van der Waals surface area (Å²) < 4.78 is 0. The summed E-state index contributed by atoms with van der Waals surface area (Å²) in [6.07, 6.45) is 11.9. The fourth-order valence-corrected chi connectivity index (χ4v) is 7.76. The van der Waals surface area contributed by atoms with Crippen LogP contribution < -0.4 is 15.8 Å². The molecule has 1 aliphatic carbocycles. The number of rotatable bonds is 2. The van der Waals surface area contributed by atoms with Gasteiger partial charge in [-0.05, 0) is 84.6 Å². The third-order valence-corrected chi connectivity index (χ3v) is 9.52. The topological polar surface area (TPSA) is 12.0 Å². The van der Waals surface area contributed by atoms with E-state index < -0.39 is 0 Å². The van der Waals surface area contributed by atoms with Crippen LogP contribution in [0, 0.1) is 0 Å². The quantitative estimate of drug-likeness (QED) is 0.245. The van der Waals surface area contributed by atoms with E-state index in [-0.39, 0.29) is 0 Å². The second-order valence-corrected chi connectivity index (χ2v) is 11.8. The lowest BCUT2D eigenvalue weighted by Gasteiger charge is -2.22. The highest BCUT2D eigenvalue weighted by Crippen LogP contribution is 2.47. The van der Waals surface area contributed by atoms with Crippen molar-refractivity contribution in [2.45, 2.75) is 18.1 Å². The summed E-state index contributed by atoms with van der Waals surface area (Å²) in [6, 6.07) is 36.2. The molecule has 1 nitrogen and oxygen atoms in total. The van der Waals surface area contributed by atoms with E-state index >= 15 is 0 Å². The van der Waals surface area contributed by atoms with Crippen molar-refractivity contribution in [3.8, 4) is 22.3 Å². The Labute approximate surface area is 225 Å². The molecule has 0 spiro atoms. The molecule has 8 rings (SSSR count). The largest absolute Gasteiger partial charge is 0.378 e. The van der Waals surface area contributed by atoms with Crippen LogP contribution in [0.1, 0.15) is 22.6 Å². The first-order valence-corrected chi connectivity index (χ1v) is 15.0. The van der Waals surface area contributed by atoms with Crippen molar-refractivity contribution < 1.29 is 0 Å². The van der Waals surface area contributed by atoms with E-state index in [0.717, 1.165) is 20.9 Å². The molecule has 38 heavy (non-hydrogen) atoms. The Hall–Kier alpha value is -3.93. The first-order chi connectivity index (χ1) is 18.8.